The van der Waals surface area contributed by atoms with Crippen LogP contribution in [0.5, 0.6) is 5.75 Å². The van der Waals surface area contributed by atoms with E-state index in [1.54, 1.807) is 24.0 Å². The fourth-order valence-electron chi connectivity index (χ4n) is 4.40. The van der Waals surface area contributed by atoms with Crippen molar-refractivity contribution in [2.24, 2.45) is 5.41 Å². The quantitative estimate of drug-likeness (QED) is 0.522. The molecule has 164 valence electrons. The van der Waals surface area contributed by atoms with Crippen LogP contribution in [0.4, 0.5) is 0 Å². The molecule has 0 radical (unpaired) electrons. The summed E-state index contributed by atoms with van der Waals surface area (Å²) in [6.45, 7) is 4.45. The Labute approximate surface area is 185 Å². The molecule has 1 aliphatic rings. The molecule has 1 atom stereocenters. The molecular weight excluding hydrogens is 406 g/mol. The summed E-state index contributed by atoms with van der Waals surface area (Å²) in [6.07, 6.45) is 8.73. The predicted molar refractivity (Wildman–Crippen MR) is 118 cm³/mol. The van der Waals surface area contributed by atoms with Crippen molar-refractivity contribution in [3.05, 3.63) is 66.0 Å². The Hall–Kier alpha value is -3.75. The highest BCUT2D eigenvalue weighted by Gasteiger charge is 2.36. The second kappa shape index (κ2) is 7.74. The van der Waals surface area contributed by atoms with Crippen LogP contribution in [-0.4, -0.2) is 42.4 Å². The van der Waals surface area contributed by atoms with Crippen LogP contribution in [0.25, 0.3) is 11.5 Å². The van der Waals surface area contributed by atoms with Gasteiger partial charge in [0, 0.05) is 18.0 Å². The molecule has 1 N–H and O–H groups in total. The number of carbonyl (C=O) groups is 1. The smallest absolute Gasteiger partial charge is 0.252 e. The van der Waals surface area contributed by atoms with Crippen molar-refractivity contribution >= 4 is 11.7 Å². The van der Waals surface area contributed by atoms with Crippen molar-refractivity contribution in [1.29, 1.82) is 0 Å². The standard InChI is InChI=1S/C23H25N7O2/c1-23(2)9-19(28-21(31)8-15-11-24-22-25-14-27-29(22)13-15)18-12-26-30(20(18)10-23)16-4-6-17(32-3)7-5-16/h4-7,11-14,19H,8-10H2,1-3H3,(H,28,31)/t19-/m1/s1. The summed E-state index contributed by atoms with van der Waals surface area (Å²) in [4.78, 5) is 21.2. The number of fused-ring (bicyclic) bond motifs is 2. The molecule has 1 aromatic carbocycles. The van der Waals surface area contributed by atoms with Crippen LogP contribution in [0, 0.1) is 5.41 Å². The molecule has 0 fully saturated rings. The number of hydrogen-bond donors (Lipinski definition) is 1. The Bertz CT molecular complexity index is 1270. The van der Waals surface area contributed by atoms with Crippen molar-refractivity contribution < 1.29 is 9.53 Å². The molecule has 0 saturated carbocycles. The number of nitrogens with zero attached hydrogens (tertiary/aromatic N) is 6. The van der Waals surface area contributed by atoms with Gasteiger partial charge in [0.05, 0.1) is 37.2 Å². The highest BCUT2D eigenvalue weighted by atomic mass is 16.5. The second-order valence-electron chi connectivity index (χ2n) is 8.97. The van der Waals surface area contributed by atoms with Gasteiger partial charge in [-0.25, -0.2) is 14.2 Å². The van der Waals surface area contributed by atoms with Gasteiger partial charge < -0.3 is 10.1 Å². The van der Waals surface area contributed by atoms with Gasteiger partial charge in [0.15, 0.2) is 0 Å². The van der Waals surface area contributed by atoms with Crippen LogP contribution in [0.1, 0.15) is 43.1 Å². The fraction of sp³-hybridized carbons (Fsp3) is 0.348. The lowest BCUT2D eigenvalue weighted by Gasteiger charge is -2.36. The van der Waals surface area contributed by atoms with E-state index in [0.717, 1.165) is 41.1 Å². The zero-order valence-electron chi connectivity index (χ0n) is 18.3. The maximum atomic E-state index is 12.9. The first-order chi connectivity index (χ1) is 15.4. The highest BCUT2D eigenvalue weighted by Crippen LogP contribution is 2.41. The first-order valence-corrected chi connectivity index (χ1v) is 10.6. The van der Waals surface area contributed by atoms with Gasteiger partial charge in [0.2, 0.25) is 5.91 Å². The Morgan fingerprint density at radius 1 is 1.19 bits per heavy atom. The van der Waals surface area contributed by atoms with Gasteiger partial charge in [-0.1, -0.05) is 13.8 Å². The van der Waals surface area contributed by atoms with Crippen molar-refractivity contribution in [3.63, 3.8) is 0 Å². The lowest BCUT2D eigenvalue weighted by atomic mass is 9.74. The van der Waals surface area contributed by atoms with E-state index in [1.807, 2.05) is 35.1 Å². The van der Waals surface area contributed by atoms with Crippen LogP contribution in [0.15, 0.2) is 49.2 Å². The van der Waals surface area contributed by atoms with Gasteiger partial charge in [0.1, 0.15) is 12.1 Å². The maximum absolute atomic E-state index is 12.9. The van der Waals surface area contributed by atoms with Crippen molar-refractivity contribution in [3.8, 4) is 11.4 Å². The molecule has 0 saturated heterocycles. The third-order valence-electron chi connectivity index (χ3n) is 5.88. The fourth-order valence-corrected chi connectivity index (χ4v) is 4.40. The van der Waals surface area contributed by atoms with E-state index in [1.165, 1.54) is 6.33 Å². The van der Waals surface area contributed by atoms with Crippen LogP contribution >= 0.6 is 0 Å². The van der Waals surface area contributed by atoms with Crippen molar-refractivity contribution in [2.45, 2.75) is 39.2 Å². The van der Waals surface area contributed by atoms with E-state index in [-0.39, 0.29) is 23.8 Å². The summed E-state index contributed by atoms with van der Waals surface area (Å²) in [7, 11) is 1.65. The zero-order valence-corrected chi connectivity index (χ0v) is 18.3. The SMILES string of the molecule is COc1ccc(-n2ncc3c2CC(C)(C)C[C@H]3NC(=O)Cc2cnc3ncnn3c2)cc1. The minimum absolute atomic E-state index is 0.0242. The van der Waals surface area contributed by atoms with Crippen LogP contribution < -0.4 is 10.1 Å². The highest BCUT2D eigenvalue weighted by molar-refractivity contribution is 5.79. The summed E-state index contributed by atoms with van der Waals surface area (Å²) in [5.41, 5.74) is 3.98. The third kappa shape index (κ3) is 3.81. The number of benzene rings is 1. The number of methoxy groups -OCH3 is 1. The number of hydrogen-bond acceptors (Lipinski definition) is 6. The van der Waals surface area contributed by atoms with E-state index in [0.29, 0.717) is 5.78 Å². The van der Waals surface area contributed by atoms with Gasteiger partial charge in [-0.15, -0.1) is 0 Å². The maximum Gasteiger partial charge on any atom is 0.252 e. The van der Waals surface area contributed by atoms with Crippen LogP contribution in [-0.2, 0) is 17.6 Å². The van der Waals surface area contributed by atoms with Crippen molar-refractivity contribution in [1.82, 2.24) is 34.7 Å². The number of nitrogens with one attached hydrogen (secondary N) is 1. The van der Waals surface area contributed by atoms with Crippen LogP contribution in [0.2, 0.25) is 0 Å². The molecule has 0 aliphatic heterocycles. The molecule has 1 aliphatic carbocycles. The van der Waals surface area contributed by atoms with Gasteiger partial charge in [-0.05, 0) is 48.1 Å². The van der Waals surface area contributed by atoms with Crippen molar-refractivity contribution in [2.75, 3.05) is 7.11 Å². The Kier molecular flexibility index (Phi) is 4.88. The molecular formula is C23H25N7O2. The first kappa shape index (κ1) is 20.2. The molecule has 3 heterocycles. The van der Waals surface area contributed by atoms with E-state index < -0.39 is 0 Å². The van der Waals surface area contributed by atoms with E-state index in [9.17, 15) is 4.79 Å². The summed E-state index contributed by atoms with van der Waals surface area (Å²) in [5.74, 6) is 1.26. The van der Waals surface area contributed by atoms with Crippen LogP contribution in [0.3, 0.4) is 0 Å². The molecule has 9 nitrogen and oxygen atoms in total. The molecule has 0 bridgehead atoms. The largest absolute Gasteiger partial charge is 0.497 e. The normalized spacial score (nSPS) is 17.2. The Morgan fingerprint density at radius 2 is 2.00 bits per heavy atom. The van der Waals surface area contributed by atoms with E-state index in [2.05, 4.69) is 39.3 Å². The van der Waals surface area contributed by atoms with Gasteiger partial charge >= 0.3 is 0 Å². The molecule has 5 rings (SSSR count). The lowest BCUT2D eigenvalue weighted by Crippen LogP contribution is -2.37. The number of ether oxygens (including phenoxy) is 1. The van der Waals surface area contributed by atoms with E-state index in [4.69, 9.17) is 4.74 Å². The number of aromatic nitrogens is 6. The zero-order chi connectivity index (χ0) is 22.3. The number of amides is 1. The second-order valence-corrected chi connectivity index (χ2v) is 8.97. The predicted octanol–water partition coefficient (Wildman–Crippen LogP) is 2.69. The Balaban J connectivity index is 1.39. The molecule has 3 aromatic heterocycles. The molecule has 0 unspecified atom stereocenters. The van der Waals surface area contributed by atoms with E-state index >= 15 is 0 Å². The molecule has 32 heavy (non-hydrogen) atoms. The average molecular weight is 432 g/mol. The summed E-state index contributed by atoms with van der Waals surface area (Å²) < 4.78 is 8.81. The molecule has 0 spiro atoms. The number of rotatable bonds is 5. The minimum atomic E-state index is -0.101. The molecule has 4 aromatic rings. The summed E-state index contributed by atoms with van der Waals surface area (Å²) in [5, 5.41) is 12.0. The van der Waals surface area contributed by atoms with Gasteiger partial charge in [0.25, 0.3) is 5.78 Å². The average Bonchev–Trinajstić information content (AvgIpc) is 3.39. The monoisotopic (exact) mass is 431 g/mol. The van der Waals surface area contributed by atoms with Gasteiger partial charge in [-0.3, -0.25) is 4.79 Å². The third-order valence-corrected chi connectivity index (χ3v) is 5.88. The minimum Gasteiger partial charge on any atom is -0.497 e. The summed E-state index contributed by atoms with van der Waals surface area (Å²) in [6, 6.07) is 7.74. The summed E-state index contributed by atoms with van der Waals surface area (Å²) >= 11 is 0. The lowest BCUT2D eigenvalue weighted by molar-refractivity contribution is -0.121. The van der Waals surface area contributed by atoms with Gasteiger partial charge in [-0.2, -0.15) is 15.2 Å². The first-order valence-electron chi connectivity index (χ1n) is 10.6. The Morgan fingerprint density at radius 3 is 2.78 bits per heavy atom. The number of carbonyl (C=O) groups excluding carboxylic acids is 1. The molecule has 9 heteroatoms. The topological polar surface area (TPSA) is 99.2 Å². The molecule has 1 amide bonds.